The van der Waals surface area contributed by atoms with Crippen molar-refractivity contribution in [1.29, 1.82) is 0 Å². The van der Waals surface area contributed by atoms with E-state index in [4.69, 9.17) is 0 Å². The molecule has 104 valence electrons. The summed E-state index contributed by atoms with van der Waals surface area (Å²) in [5.41, 5.74) is 4.52. The summed E-state index contributed by atoms with van der Waals surface area (Å²) in [5, 5.41) is 0. The number of carbonyl (C=O) groups excluding carboxylic acids is 1. The molecule has 1 unspecified atom stereocenters. The Kier molecular flexibility index (Phi) is 4.14. The van der Waals surface area contributed by atoms with Gasteiger partial charge in [0, 0.05) is 11.5 Å². The Morgan fingerprint density at radius 2 is 1.81 bits per heavy atom. The fourth-order valence-corrected chi connectivity index (χ4v) is 3.05. The second kappa shape index (κ2) is 6.39. The summed E-state index contributed by atoms with van der Waals surface area (Å²) < 4.78 is 0. The normalized spacial score (nSPS) is 17.2. The van der Waals surface area contributed by atoms with Crippen LogP contribution in [0.5, 0.6) is 0 Å². The maximum atomic E-state index is 11.4. The molecule has 1 aliphatic carbocycles. The third kappa shape index (κ3) is 3.04. The summed E-state index contributed by atoms with van der Waals surface area (Å²) >= 11 is 0. The Hall–Kier alpha value is -2.37. The molecule has 21 heavy (non-hydrogen) atoms. The summed E-state index contributed by atoms with van der Waals surface area (Å²) in [4.78, 5) is 11.4. The first kappa shape index (κ1) is 13.6. The van der Waals surface area contributed by atoms with Gasteiger partial charge in [-0.25, -0.2) is 4.79 Å². The minimum Gasteiger partial charge on any atom is -0.233 e. The molecule has 1 heteroatoms. The van der Waals surface area contributed by atoms with Crippen molar-refractivity contribution in [3.63, 3.8) is 0 Å². The van der Waals surface area contributed by atoms with Crippen LogP contribution in [0.2, 0.25) is 0 Å². The van der Waals surface area contributed by atoms with Gasteiger partial charge in [-0.05, 0) is 42.0 Å². The lowest BCUT2D eigenvalue weighted by molar-refractivity contribution is 0.560. The molecule has 1 atom stereocenters. The molecule has 3 rings (SSSR count). The van der Waals surface area contributed by atoms with E-state index in [-0.39, 0.29) is 5.92 Å². The first-order chi connectivity index (χ1) is 10.4. The van der Waals surface area contributed by atoms with E-state index in [1.807, 2.05) is 42.5 Å². The molecule has 0 heterocycles. The summed E-state index contributed by atoms with van der Waals surface area (Å²) in [6.45, 7) is 0. The number of benzene rings is 2. The molecule has 0 radical (unpaired) electrons. The zero-order valence-corrected chi connectivity index (χ0v) is 12.0. The van der Waals surface area contributed by atoms with Gasteiger partial charge in [0.05, 0.1) is 0 Å². The van der Waals surface area contributed by atoms with E-state index in [0.29, 0.717) is 0 Å². The van der Waals surface area contributed by atoms with Gasteiger partial charge in [0.1, 0.15) is 5.94 Å². The average Bonchev–Trinajstić information content (AvgIpc) is 2.56. The predicted octanol–water partition coefficient (Wildman–Crippen LogP) is 4.58. The van der Waals surface area contributed by atoms with E-state index in [0.717, 1.165) is 30.4 Å². The topological polar surface area (TPSA) is 17.1 Å². The van der Waals surface area contributed by atoms with Gasteiger partial charge >= 0.3 is 0 Å². The predicted molar refractivity (Wildman–Crippen MR) is 86.8 cm³/mol. The van der Waals surface area contributed by atoms with Gasteiger partial charge in [-0.15, -0.1) is 0 Å². The average molecular weight is 274 g/mol. The standard InChI is InChI=1S/C20H18O/c21-15-18(14-13-16-7-2-1-3-8-16)20-12-6-10-17-9-4-5-11-19(17)20/h1-5,7-9,11,13-14,20H,6,10,12H2/b14-13+. The minimum absolute atomic E-state index is 0.187. The number of aryl methyl sites for hydroxylation is 1. The Labute approximate surface area is 125 Å². The summed E-state index contributed by atoms with van der Waals surface area (Å²) in [5.74, 6) is 2.35. The molecule has 2 aromatic carbocycles. The maximum Gasteiger partial charge on any atom is 0.128 e. The molecule has 0 N–H and O–H groups in total. The Morgan fingerprint density at radius 1 is 1.05 bits per heavy atom. The molecule has 0 saturated carbocycles. The molecule has 0 spiro atoms. The highest BCUT2D eigenvalue weighted by Gasteiger charge is 2.22. The van der Waals surface area contributed by atoms with E-state index in [1.165, 1.54) is 11.1 Å². The maximum absolute atomic E-state index is 11.4. The van der Waals surface area contributed by atoms with E-state index >= 15 is 0 Å². The van der Waals surface area contributed by atoms with Crippen molar-refractivity contribution < 1.29 is 4.79 Å². The molecule has 1 aliphatic rings. The van der Waals surface area contributed by atoms with Crippen LogP contribution in [0.1, 0.15) is 35.4 Å². The quantitative estimate of drug-likeness (QED) is 0.591. The Balaban J connectivity index is 1.89. The molecule has 0 fully saturated rings. The number of hydrogen-bond acceptors (Lipinski definition) is 1. The van der Waals surface area contributed by atoms with Crippen molar-refractivity contribution in [2.45, 2.75) is 25.2 Å². The fourth-order valence-electron chi connectivity index (χ4n) is 3.05. The van der Waals surface area contributed by atoms with Crippen molar-refractivity contribution in [2.75, 3.05) is 0 Å². The fraction of sp³-hybridized carbons (Fsp3) is 0.200. The molecule has 0 saturated heterocycles. The van der Waals surface area contributed by atoms with Crippen LogP contribution < -0.4 is 0 Å². The van der Waals surface area contributed by atoms with Crippen LogP contribution in [0.3, 0.4) is 0 Å². The highest BCUT2D eigenvalue weighted by Crippen LogP contribution is 2.36. The van der Waals surface area contributed by atoms with Gasteiger partial charge < -0.3 is 0 Å². The summed E-state index contributed by atoms with van der Waals surface area (Å²) in [6, 6.07) is 18.5. The third-order valence-corrected chi connectivity index (χ3v) is 4.12. The second-order valence-electron chi connectivity index (χ2n) is 5.45. The molecular formula is C20H18O. The van der Waals surface area contributed by atoms with Crippen LogP contribution in [-0.2, 0) is 11.2 Å². The van der Waals surface area contributed by atoms with Gasteiger partial charge in [-0.2, -0.15) is 0 Å². The smallest absolute Gasteiger partial charge is 0.128 e. The van der Waals surface area contributed by atoms with E-state index in [2.05, 4.69) is 30.2 Å². The van der Waals surface area contributed by atoms with Gasteiger partial charge in [0.25, 0.3) is 0 Å². The van der Waals surface area contributed by atoms with E-state index in [9.17, 15) is 4.79 Å². The van der Waals surface area contributed by atoms with Crippen LogP contribution in [0.15, 0.2) is 66.2 Å². The molecule has 0 aliphatic heterocycles. The molecular weight excluding hydrogens is 256 g/mol. The molecule has 1 nitrogen and oxygen atoms in total. The van der Waals surface area contributed by atoms with Gasteiger partial charge in [0.15, 0.2) is 0 Å². The molecule has 0 aromatic heterocycles. The highest BCUT2D eigenvalue weighted by atomic mass is 16.1. The van der Waals surface area contributed by atoms with Crippen LogP contribution in [-0.4, -0.2) is 5.94 Å². The lowest BCUT2D eigenvalue weighted by Gasteiger charge is -2.24. The van der Waals surface area contributed by atoms with Crippen LogP contribution in [0, 0.1) is 0 Å². The summed E-state index contributed by atoms with van der Waals surface area (Å²) in [6.07, 6.45) is 7.19. The van der Waals surface area contributed by atoms with Crippen molar-refractivity contribution in [1.82, 2.24) is 0 Å². The van der Waals surface area contributed by atoms with Gasteiger partial charge in [-0.1, -0.05) is 60.7 Å². The molecule has 2 aromatic rings. The minimum atomic E-state index is 0.187. The zero-order valence-electron chi connectivity index (χ0n) is 12.0. The van der Waals surface area contributed by atoms with Crippen molar-refractivity contribution in [2.24, 2.45) is 0 Å². The number of hydrogen-bond donors (Lipinski definition) is 0. The lowest BCUT2D eigenvalue weighted by Crippen LogP contribution is -2.11. The van der Waals surface area contributed by atoms with Crippen molar-refractivity contribution >= 4 is 12.0 Å². The summed E-state index contributed by atoms with van der Waals surface area (Å²) in [7, 11) is 0. The van der Waals surface area contributed by atoms with Crippen molar-refractivity contribution in [3.8, 4) is 0 Å². The second-order valence-corrected chi connectivity index (χ2v) is 5.45. The van der Waals surface area contributed by atoms with Gasteiger partial charge in [-0.3, -0.25) is 0 Å². The lowest BCUT2D eigenvalue weighted by atomic mass is 9.79. The monoisotopic (exact) mass is 274 g/mol. The number of fused-ring (bicyclic) bond motifs is 1. The van der Waals surface area contributed by atoms with Crippen LogP contribution in [0.4, 0.5) is 0 Å². The van der Waals surface area contributed by atoms with Gasteiger partial charge in [0.2, 0.25) is 0 Å². The van der Waals surface area contributed by atoms with Crippen LogP contribution >= 0.6 is 0 Å². The highest BCUT2D eigenvalue weighted by molar-refractivity contribution is 5.67. The number of rotatable bonds is 3. The third-order valence-electron chi connectivity index (χ3n) is 4.12. The Morgan fingerprint density at radius 3 is 2.62 bits per heavy atom. The van der Waals surface area contributed by atoms with E-state index < -0.39 is 0 Å². The first-order valence-electron chi connectivity index (χ1n) is 7.44. The van der Waals surface area contributed by atoms with Crippen LogP contribution in [0.25, 0.3) is 6.08 Å². The van der Waals surface area contributed by atoms with E-state index in [1.54, 1.807) is 0 Å². The SMILES string of the molecule is O=C=C(/C=C/c1ccccc1)C1CCCc2ccccc21. The Bertz CT molecular complexity index is 691. The van der Waals surface area contributed by atoms with Crippen molar-refractivity contribution in [3.05, 3.63) is 82.9 Å². The molecule has 0 bridgehead atoms. The zero-order chi connectivity index (χ0) is 14.5. The largest absolute Gasteiger partial charge is 0.233 e. The number of allylic oxidation sites excluding steroid dienone is 2. The first-order valence-corrected chi connectivity index (χ1v) is 7.44. The molecule has 0 amide bonds.